The molecule has 0 bridgehead atoms. The number of aromatic nitrogens is 3. The molecule has 1 unspecified atom stereocenters. The topological polar surface area (TPSA) is 132 Å². The van der Waals surface area contributed by atoms with E-state index in [1.54, 1.807) is 25.1 Å². The van der Waals surface area contributed by atoms with E-state index in [1.165, 1.54) is 10.7 Å². The van der Waals surface area contributed by atoms with Gasteiger partial charge in [0.1, 0.15) is 6.04 Å². The number of nitro benzene ring substituents is 1. The number of nitrogens with one attached hydrogen (secondary N) is 1. The maximum atomic E-state index is 12.4. The summed E-state index contributed by atoms with van der Waals surface area (Å²) in [7, 11) is 0. The molecule has 0 aliphatic carbocycles. The van der Waals surface area contributed by atoms with Crippen molar-refractivity contribution in [2.45, 2.75) is 26.8 Å². The quantitative estimate of drug-likeness (QED) is 0.418. The summed E-state index contributed by atoms with van der Waals surface area (Å²) in [5, 5.41) is 19.4. The lowest BCUT2D eigenvalue weighted by Crippen LogP contribution is -2.32. The zero-order valence-corrected chi connectivity index (χ0v) is 18.6. The van der Waals surface area contributed by atoms with Crippen molar-refractivity contribution >= 4 is 23.2 Å². The third-order valence-corrected chi connectivity index (χ3v) is 5.80. The number of fused-ring (bicyclic) bond motifs is 1. The molecular formula is C23H25N7O3. The van der Waals surface area contributed by atoms with E-state index in [0.29, 0.717) is 23.0 Å². The third-order valence-electron chi connectivity index (χ3n) is 5.80. The number of benzene rings is 2. The molecule has 4 rings (SSSR count). The molecule has 0 spiro atoms. The van der Waals surface area contributed by atoms with Gasteiger partial charge in [0.25, 0.3) is 5.69 Å². The van der Waals surface area contributed by atoms with Crippen LogP contribution in [0.1, 0.15) is 32.4 Å². The zero-order valence-electron chi connectivity index (χ0n) is 18.6. The molecule has 1 aliphatic rings. The molecule has 170 valence electrons. The molecule has 10 heteroatoms. The van der Waals surface area contributed by atoms with Gasteiger partial charge in [-0.2, -0.15) is 4.98 Å². The number of para-hydroxylation sites is 1. The fraction of sp³-hybridized carbons (Fsp3) is 0.261. The van der Waals surface area contributed by atoms with Crippen LogP contribution in [0.25, 0.3) is 11.4 Å². The van der Waals surface area contributed by atoms with E-state index in [0.717, 1.165) is 24.3 Å². The Labute approximate surface area is 190 Å². The summed E-state index contributed by atoms with van der Waals surface area (Å²) in [5.41, 5.74) is 8.43. The van der Waals surface area contributed by atoms with E-state index in [9.17, 15) is 14.9 Å². The number of carbonyl (C=O) groups excluding carboxylic acids is 1. The molecule has 10 nitrogen and oxygen atoms in total. The first-order valence-electron chi connectivity index (χ1n) is 10.7. The number of carbonyl (C=O) groups is 1. The van der Waals surface area contributed by atoms with Gasteiger partial charge in [0.15, 0.2) is 5.82 Å². The van der Waals surface area contributed by atoms with E-state index in [4.69, 9.17) is 5.73 Å². The highest BCUT2D eigenvalue weighted by atomic mass is 16.6. The summed E-state index contributed by atoms with van der Waals surface area (Å²) in [4.78, 5) is 30.4. The van der Waals surface area contributed by atoms with Gasteiger partial charge in [-0.15, -0.1) is 5.10 Å². The zero-order chi connectivity index (χ0) is 23.7. The Morgan fingerprint density at radius 3 is 2.45 bits per heavy atom. The minimum absolute atomic E-state index is 0.123. The highest BCUT2D eigenvalue weighted by Crippen LogP contribution is 2.39. The van der Waals surface area contributed by atoms with Crippen LogP contribution in [0, 0.1) is 10.1 Å². The molecule has 3 aromatic rings. The van der Waals surface area contributed by atoms with Crippen LogP contribution in [0.5, 0.6) is 0 Å². The number of amides is 1. The Morgan fingerprint density at radius 1 is 1.18 bits per heavy atom. The maximum Gasteiger partial charge on any atom is 0.275 e. The summed E-state index contributed by atoms with van der Waals surface area (Å²) >= 11 is 0. The van der Waals surface area contributed by atoms with E-state index < -0.39 is 16.9 Å². The number of primary amides is 1. The fourth-order valence-electron chi connectivity index (χ4n) is 4.18. The van der Waals surface area contributed by atoms with Crippen LogP contribution in [0.2, 0.25) is 0 Å². The predicted octanol–water partition coefficient (Wildman–Crippen LogP) is 3.47. The van der Waals surface area contributed by atoms with Crippen molar-refractivity contribution in [3.63, 3.8) is 0 Å². The van der Waals surface area contributed by atoms with Crippen LogP contribution in [0.4, 0.5) is 17.3 Å². The van der Waals surface area contributed by atoms with E-state index in [2.05, 4.69) is 34.1 Å². The van der Waals surface area contributed by atoms with Gasteiger partial charge in [0.2, 0.25) is 11.9 Å². The number of nitrogens with zero attached hydrogens (tertiary/aromatic N) is 5. The Balaban J connectivity index is 1.82. The van der Waals surface area contributed by atoms with Crippen molar-refractivity contribution in [1.82, 2.24) is 14.8 Å². The van der Waals surface area contributed by atoms with Crippen LogP contribution in [-0.2, 0) is 4.79 Å². The smallest absolute Gasteiger partial charge is 0.275 e. The first-order valence-corrected chi connectivity index (χ1v) is 10.7. The van der Waals surface area contributed by atoms with Gasteiger partial charge in [-0.1, -0.05) is 12.1 Å². The first-order chi connectivity index (χ1) is 15.8. The molecule has 0 radical (unpaired) electrons. The average molecular weight is 447 g/mol. The van der Waals surface area contributed by atoms with Crippen molar-refractivity contribution in [2.24, 2.45) is 5.73 Å². The second-order valence-corrected chi connectivity index (χ2v) is 7.67. The molecule has 1 aromatic heterocycles. The average Bonchev–Trinajstić information content (AvgIpc) is 3.22. The number of nitro groups is 1. The molecule has 3 N–H and O–H groups in total. The molecule has 2 aromatic carbocycles. The molecule has 0 saturated heterocycles. The molecule has 1 atom stereocenters. The summed E-state index contributed by atoms with van der Waals surface area (Å²) in [6.45, 7) is 7.69. The number of hydrogen-bond donors (Lipinski definition) is 2. The van der Waals surface area contributed by atoms with Gasteiger partial charge < -0.3 is 16.0 Å². The Bertz CT molecular complexity index is 1240. The standard InChI is InChI=1S/C23H25N7O3/c1-4-28(5-2)16-12-10-15(11-13-16)22-26-23-25-14(3)19(21(24)31)20(29(23)27-22)17-8-6-7-9-18(17)30(32)33/h6-13,20H,4-5H2,1-3H3,(H2,24,31)(H,25,26,27). The fourth-order valence-corrected chi connectivity index (χ4v) is 4.18. The van der Waals surface area contributed by atoms with Crippen molar-refractivity contribution in [3.05, 3.63) is 75.5 Å². The lowest BCUT2D eigenvalue weighted by molar-refractivity contribution is -0.385. The molecule has 1 aliphatic heterocycles. The molecule has 2 heterocycles. The van der Waals surface area contributed by atoms with Crippen LogP contribution in [0.3, 0.4) is 0 Å². The van der Waals surface area contributed by atoms with Crippen molar-refractivity contribution in [2.75, 3.05) is 23.3 Å². The first kappa shape index (κ1) is 22.0. The van der Waals surface area contributed by atoms with E-state index in [-0.39, 0.29) is 11.3 Å². The predicted molar refractivity (Wildman–Crippen MR) is 126 cm³/mol. The molecular weight excluding hydrogens is 422 g/mol. The Hall–Kier alpha value is -4.21. The second-order valence-electron chi connectivity index (χ2n) is 7.67. The van der Waals surface area contributed by atoms with Crippen LogP contribution in [0.15, 0.2) is 59.8 Å². The van der Waals surface area contributed by atoms with Gasteiger partial charge in [-0.05, 0) is 51.1 Å². The van der Waals surface area contributed by atoms with Crippen LogP contribution in [-0.4, -0.2) is 38.7 Å². The molecule has 0 saturated carbocycles. The van der Waals surface area contributed by atoms with Gasteiger partial charge in [0, 0.05) is 36.1 Å². The van der Waals surface area contributed by atoms with Gasteiger partial charge in [0.05, 0.1) is 16.1 Å². The Morgan fingerprint density at radius 2 is 1.85 bits per heavy atom. The summed E-state index contributed by atoms with van der Waals surface area (Å²) in [5.74, 6) is 0.128. The number of allylic oxidation sites excluding steroid dienone is 1. The monoisotopic (exact) mass is 447 g/mol. The van der Waals surface area contributed by atoms with E-state index in [1.807, 2.05) is 24.3 Å². The SMILES string of the molecule is CCN(CC)c1ccc(-c2nc3n(n2)C(c2ccccc2[N+](=O)[O-])C(C(N)=O)=C(C)N3)cc1. The number of nitrogens with two attached hydrogens (primary N) is 1. The second kappa shape index (κ2) is 8.73. The largest absolute Gasteiger partial charge is 0.372 e. The van der Waals surface area contributed by atoms with Crippen LogP contribution >= 0.6 is 0 Å². The number of anilines is 2. The van der Waals surface area contributed by atoms with Crippen molar-refractivity contribution in [3.8, 4) is 11.4 Å². The Kier molecular flexibility index (Phi) is 5.82. The van der Waals surface area contributed by atoms with Crippen molar-refractivity contribution in [1.29, 1.82) is 0 Å². The lowest BCUT2D eigenvalue weighted by Gasteiger charge is -2.27. The summed E-state index contributed by atoms with van der Waals surface area (Å²) < 4.78 is 1.49. The van der Waals surface area contributed by atoms with Crippen LogP contribution < -0.4 is 16.0 Å². The number of hydrogen-bond acceptors (Lipinski definition) is 7. The maximum absolute atomic E-state index is 12.4. The van der Waals surface area contributed by atoms with Gasteiger partial charge in [-0.25, -0.2) is 4.68 Å². The summed E-state index contributed by atoms with van der Waals surface area (Å²) in [6, 6.07) is 13.3. The molecule has 0 fully saturated rings. The van der Waals surface area contributed by atoms with Gasteiger partial charge in [-0.3, -0.25) is 14.9 Å². The van der Waals surface area contributed by atoms with E-state index >= 15 is 0 Å². The third kappa shape index (κ3) is 3.91. The molecule has 33 heavy (non-hydrogen) atoms. The number of rotatable bonds is 7. The minimum atomic E-state index is -0.878. The van der Waals surface area contributed by atoms with Crippen molar-refractivity contribution < 1.29 is 9.72 Å². The highest BCUT2D eigenvalue weighted by Gasteiger charge is 2.36. The molecule has 1 amide bonds. The lowest BCUT2D eigenvalue weighted by atomic mass is 9.94. The van der Waals surface area contributed by atoms with Gasteiger partial charge >= 0.3 is 0 Å². The minimum Gasteiger partial charge on any atom is -0.372 e. The normalized spacial score (nSPS) is 15.1. The highest BCUT2D eigenvalue weighted by molar-refractivity contribution is 5.95. The summed E-state index contributed by atoms with van der Waals surface area (Å²) in [6.07, 6.45) is 0.